The quantitative estimate of drug-likeness (QED) is 0.436. The Hall–Kier alpha value is -0.380. The van der Waals surface area contributed by atoms with Gasteiger partial charge in [0.15, 0.2) is 0 Å². The van der Waals surface area contributed by atoms with E-state index in [2.05, 4.69) is 38.2 Å². The molecule has 27 heavy (non-hydrogen) atoms. The Morgan fingerprint density at radius 2 is 1.96 bits per heavy atom. The molecule has 0 heterocycles. The number of rotatable bonds is 12. The normalized spacial score (nSPS) is 32.6. The molecule has 0 aromatic rings. The molecule has 4 aliphatic rings. The highest BCUT2D eigenvalue weighted by molar-refractivity contribution is 5.10. The van der Waals surface area contributed by atoms with Gasteiger partial charge in [-0.25, -0.2) is 0 Å². The van der Waals surface area contributed by atoms with Gasteiger partial charge in [-0.15, -0.1) is 0 Å². The predicted octanol–water partition coefficient (Wildman–Crippen LogP) is 4.61. The Labute approximate surface area is 168 Å². The van der Waals surface area contributed by atoms with Crippen molar-refractivity contribution in [3.63, 3.8) is 0 Å². The second-order valence-electron chi connectivity index (χ2n) is 10.6. The topological polar surface area (TPSA) is 64.1 Å². The van der Waals surface area contributed by atoms with Gasteiger partial charge in [0.25, 0.3) is 0 Å². The molecule has 4 aliphatic carbocycles. The van der Waals surface area contributed by atoms with Crippen LogP contribution in [0.5, 0.6) is 0 Å². The SMILES string of the molecule is CCC1CC=CC2CC1(CCC[C@@H](CN)[C@@H](CCNC1CC1)C(C)(C)N)C2. The minimum absolute atomic E-state index is 0.146. The molecule has 0 radical (unpaired) electrons. The van der Waals surface area contributed by atoms with Crippen LogP contribution in [0.3, 0.4) is 0 Å². The average Bonchev–Trinajstić information content (AvgIpc) is 3.41. The van der Waals surface area contributed by atoms with Gasteiger partial charge in [0, 0.05) is 11.6 Å². The van der Waals surface area contributed by atoms with Gasteiger partial charge in [-0.1, -0.05) is 31.9 Å². The highest BCUT2D eigenvalue weighted by atomic mass is 14.9. The van der Waals surface area contributed by atoms with Gasteiger partial charge in [-0.2, -0.15) is 0 Å². The molecule has 1 unspecified atom stereocenters. The summed E-state index contributed by atoms with van der Waals surface area (Å²) in [5.41, 5.74) is 13.4. The zero-order valence-corrected chi connectivity index (χ0v) is 18.2. The van der Waals surface area contributed by atoms with E-state index in [1.807, 2.05) is 0 Å². The van der Waals surface area contributed by atoms with Crippen LogP contribution in [0.1, 0.15) is 85.0 Å². The van der Waals surface area contributed by atoms with Crippen LogP contribution in [-0.4, -0.2) is 24.7 Å². The van der Waals surface area contributed by atoms with Crippen molar-refractivity contribution < 1.29 is 0 Å². The van der Waals surface area contributed by atoms with Crippen molar-refractivity contribution in [2.75, 3.05) is 13.1 Å². The van der Waals surface area contributed by atoms with Crippen LogP contribution in [0.15, 0.2) is 12.2 Å². The van der Waals surface area contributed by atoms with Crippen molar-refractivity contribution in [2.24, 2.45) is 40.6 Å². The van der Waals surface area contributed by atoms with Crippen molar-refractivity contribution >= 4 is 0 Å². The Morgan fingerprint density at radius 1 is 1.22 bits per heavy atom. The van der Waals surface area contributed by atoms with E-state index < -0.39 is 0 Å². The lowest BCUT2D eigenvalue weighted by atomic mass is 9.54. The van der Waals surface area contributed by atoms with Crippen LogP contribution in [-0.2, 0) is 0 Å². The van der Waals surface area contributed by atoms with Crippen molar-refractivity contribution in [1.29, 1.82) is 0 Å². The summed E-state index contributed by atoms with van der Waals surface area (Å²) in [5.74, 6) is 2.84. The fraction of sp³-hybridized carbons (Fsp3) is 0.917. The zero-order chi connectivity index (χ0) is 19.5. The van der Waals surface area contributed by atoms with E-state index in [1.165, 1.54) is 57.8 Å². The highest BCUT2D eigenvalue weighted by Gasteiger charge is 2.48. The molecule has 4 rings (SSSR count). The first-order valence-electron chi connectivity index (χ1n) is 11.8. The molecule has 0 amide bonds. The molecule has 2 fully saturated rings. The van der Waals surface area contributed by atoms with Crippen molar-refractivity contribution in [3.8, 4) is 0 Å². The van der Waals surface area contributed by atoms with Gasteiger partial charge in [-0.3, -0.25) is 0 Å². The Kier molecular flexibility index (Phi) is 7.08. The summed E-state index contributed by atoms with van der Waals surface area (Å²) in [5, 5.41) is 3.68. The van der Waals surface area contributed by atoms with E-state index in [0.29, 0.717) is 17.3 Å². The second kappa shape index (κ2) is 8.97. The first kappa shape index (κ1) is 21.3. The van der Waals surface area contributed by atoms with E-state index in [1.54, 1.807) is 0 Å². The van der Waals surface area contributed by atoms with E-state index in [9.17, 15) is 0 Å². The monoisotopic (exact) mass is 375 g/mol. The standard InChI is InChI=1S/C24H45N3/c1-4-20-9-5-7-18-15-24(20,16-18)13-6-8-19(17-25)22(23(2,3)26)12-14-27-21-10-11-21/h5,7,18-22,27H,4,6,8-17,25-26H2,1-3H3/t18?,19-,20?,22+,24?/m0/s1. The largest absolute Gasteiger partial charge is 0.330 e. The number of nitrogens with two attached hydrogens (primary N) is 2. The smallest absolute Gasteiger partial charge is 0.0129 e. The van der Waals surface area contributed by atoms with Gasteiger partial charge in [0.1, 0.15) is 0 Å². The maximum atomic E-state index is 6.61. The summed E-state index contributed by atoms with van der Waals surface area (Å²) in [6, 6.07) is 0.781. The molecule has 3 nitrogen and oxygen atoms in total. The van der Waals surface area contributed by atoms with E-state index in [4.69, 9.17) is 11.5 Å². The summed E-state index contributed by atoms with van der Waals surface area (Å²) in [4.78, 5) is 0. The summed E-state index contributed by atoms with van der Waals surface area (Å²) in [6.45, 7) is 8.68. The first-order valence-corrected chi connectivity index (χ1v) is 11.8. The lowest BCUT2D eigenvalue weighted by Crippen LogP contribution is -2.47. The van der Waals surface area contributed by atoms with E-state index >= 15 is 0 Å². The Bertz CT molecular complexity index is 482. The molecule has 0 spiro atoms. The van der Waals surface area contributed by atoms with Crippen LogP contribution < -0.4 is 16.8 Å². The van der Waals surface area contributed by atoms with Crippen LogP contribution >= 0.6 is 0 Å². The van der Waals surface area contributed by atoms with Crippen LogP contribution in [0, 0.1) is 29.1 Å². The molecular weight excluding hydrogens is 330 g/mol. The van der Waals surface area contributed by atoms with Gasteiger partial charge in [0.05, 0.1) is 0 Å². The van der Waals surface area contributed by atoms with Gasteiger partial charge < -0.3 is 16.8 Å². The molecule has 156 valence electrons. The lowest BCUT2D eigenvalue weighted by molar-refractivity contribution is 0.00372. The van der Waals surface area contributed by atoms with Crippen molar-refractivity contribution in [3.05, 3.63) is 12.2 Å². The molecule has 2 saturated carbocycles. The number of hydrogen-bond acceptors (Lipinski definition) is 3. The van der Waals surface area contributed by atoms with Gasteiger partial charge in [-0.05, 0) is 107 Å². The molecule has 3 heteroatoms. The predicted molar refractivity (Wildman–Crippen MR) is 116 cm³/mol. The molecule has 0 aromatic carbocycles. The number of allylic oxidation sites excluding steroid dienone is 2. The summed E-state index contributed by atoms with van der Waals surface area (Å²) >= 11 is 0. The van der Waals surface area contributed by atoms with Gasteiger partial charge in [0.2, 0.25) is 0 Å². The summed E-state index contributed by atoms with van der Waals surface area (Å²) in [6.07, 6.45) is 18.3. The van der Waals surface area contributed by atoms with Crippen molar-refractivity contribution in [1.82, 2.24) is 5.32 Å². The average molecular weight is 376 g/mol. The third-order valence-corrected chi connectivity index (χ3v) is 8.07. The molecule has 0 aliphatic heterocycles. The fourth-order valence-electron chi connectivity index (χ4n) is 6.29. The first-order chi connectivity index (χ1) is 12.9. The maximum absolute atomic E-state index is 6.61. The molecule has 3 atom stereocenters. The Morgan fingerprint density at radius 3 is 2.56 bits per heavy atom. The van der Waals surface area contributed by atoms with Crippen LogP contribution in [0.4, 0.5) is 0 Å². The molecule has 0 saturated heterocycles. The molecule has 5 N–H and O–H groups in total. The highest BCUT2D eigenvalue weighted by Crippen LogP contribution is 2.58. The maximum Gasteiger partial charge on any atom is 0.0129 e. The van der Waals surface area contributed by atoms with Crippen LogP contribution in [0.25, 0.3) is 0 Å². The van der Waals surface area contributed by atoms with E-state index in [-0.39, 0.29) is 5.54 Å². The Balaban J connectivity index is 1.51. The molecule has 2 bridgehead atoms. The van der Waals surface area contributed by atoms with Crippen LogP contribution in [0.2, 0.25) is 0 Å². The third kappa shape index (κ3) is 5.36. The lowest BCUT2D eigenvalue weighted by Gasteiger charge is -2.51. The van der Waals surface area contributed by atoms with Crippen molar-refractivity contribution in [2.45, 2.75) is 96.6 Å². The minimum atomic E-state index is -0.146. The second-order valence-corrected chi connectivity index (χ2v) is 10.6. The van der Waals surface area contributed by atoms with Gasteiger partial charge >= 0.3 is 0 Å². The molecular formula is C24H45N3. The third-order valence-electron chi connectivity index (χ3n) is 8.07. The number of hydrogen-bond donors (Lipinski definition) is 3. The number of fused-ring (bicyclic) bond motifs is 2. The molecule has 0 aromatic heterocycles. The number of nitrogens with one attached hydrogen (secondary N) is 1. The minimum Gasteiger partial charge on any atom is -0.330 e. The van der Waals surface area contributed by atoms with E-state index in [0.717, 1.165) is 37.4 Å². The summed E-state index contributed by atoms with van der Waals surface area (Å²) < 4.78 is 0. The summed E-state index contributed by atoms with van der Waals surface area (Å²) in [7, 11) is 0. The fourth-order valence-corrected chi connectivity index (χ4v) is 6.29. The zero-order valence-electron chi connectivity index (χ0n) is 18.2.